The summed E-state index contributed by atoms with van der Waals surface area (Å²) < 4.78 is 5.78. The van der Waals surface area contributed by atoms with Crippen LogP contribution in [0.5, 0.6) is 0 Å². The van der Waals surface area contributed by atoms with Crippen LogP contribution in [0.15, 0.2) is 65.1 Å². The Kier molecular flexibility index (Phi) is 5.50. The van der Waals surface area contributed by atoms with E-state index in [0.717, 1.165) is 22.8 Å². The Morgan fingerprint density at radius 1 is 1.11 bits per heavy atom. The number of amides is 1. The minimum atomic E-state index is -0.189. The third kappa shape index (κ3) is 4.37. The first-order valence-corrected chi connectivity index (χ1v) is 9.96. The number of benzene rings is 2. The van der Waals surface area contributed by atoms with Gasteiger partial charge in [0.25, 0.3) is 0 Å². The summed E-state index contributed by atoms with van der Waals surface area (Å²) in [5.74, 6) is 2.60. The fourth-order valence-corrected chi connectivity index (χ4v) is 4.16. The molecule has 3 aromatic rings. The normalized spacial score (nSPS) is 17.1. The van der Waals surface area contributed by atoms with Crippen molar-refractivity contribution in [1.29, 1.82) is 0 Å². The highest BCUT2D eigenvalue weighted by Gasteiger charge is 2.32. The highest BCUT2D eigenvalue weighted by atomic mass is 32.2. The lowest BCUT2D eigenvalue weighted by atomic mass is 10.2. The Morgan fingerprint density at radius 3 is 2.63 bits per heavy atom. The molecule has 0 unspecified atom stereocenters. The van der Waals surface area contributed by atoms with Crippen LogP contribution in [0.4, 0.5) is 0 Å². The number of carbonyl (C=O) groups is 1. The first kappa shape index (κ1) is 17.8. The quantitative estimate of drug-likeness (QED) is 0.709. The van der Waals surface area contributed by atoms with Crippen molar-refractivity contribution in [3.05, 3.63) is 72.1 Å². The minimum Gasteiger partial charge on any atom is -0.419 e. The van der Waals surface area contributed by atoms with E-state index in [1.54, 1.807) is 11.8 Å². The Hall–Kier alpha value is -2.64. The highest BCUT2D eigenvalue weighted by molar-refractivity contribution is 7.99. The second-order valence-electron chi connectivity index (χ2n) is 6.33. The molecule has 1 N–H and O–H groups in total. The number of aromatic nitrogens is 2. The molecule has 138 valence electrons. The molecule has 1 saturated heterocycles. The molecule has 1 atom stereocenters. The summed E-state index contributed by atoms with van der Waals surface area (Å²) in [7, 11) is 0. The molecule has 0 spiro atoms. The van der Waals surface area contributed by atoms with Crippen LogP contribution in [0.2, 0.25) is 0 Å². The molecule has 4 rings (SSSR count). The van der Waals surface area contributed by atoms with Crippen LogP contribution in [-0.4, -0.2) is 38.7 Å². The van der Waals surface area contributed by atoms with Gasteiger partial charge in [-0.05, 0) is 17.7 Å². The summed E-state index contributed by atoms with van der Waals surface area (Å²) in [4.78, 5) is 14.7. The molecule has 1 aliphatic heterocycles. The van der Waals surface area contributed by atoms with Crippen molar-refractivity contribution in [3.63, 3.8) is 0 Å². The number of thioether (sulfide) groups is 1. The summed E-state index contributed by atoms with van der Waals surface area (Å²) >= 11 is 1.74. The van der Waals surface area contributed by atoms with Gasteiger partial charge in [0, 0.05) is 23.7 Å². The molecule has 0 radical (unpaired) electrons. The van der Waals surface area contributed by atoms with Crippen LogP contribution < -0.4 is 5.32 Å². The fourth-order valence-electron chi connectivity index (χ4n) is 2.97. The van der Waals surface area contributed by atoms with Gasteiger partial charge in [-0.15, -0.1) is 22.0 Å². The number of carbonyl (C=O) groups excluding carboxylic acids is 1. The second-order valence-corrected chi connectivity index (χ2v) is 7.33. The maximum absolute atomic E-state index is 12.6. The third-order valence-corrected chi connectivity index (χ3v) is 5.48. The molecule has 1 aromatic heterocycles. The predicted molar refractivity (Wildman–Crippen MR) is 105 cm³/mol. The van der Waals surface area contributed by atoms with Gasteiger partial charge < -0.3 is 9.73 Å². The number of hydrogen-bond acceptors (Lipinski definition) is 6. The van der Waals surface area contributed by atoms with Crippen molar-refractivity contribution < 1.29 is 9.21 Å². The summed E-state index contributed by atoms with van der Waals surface area (Å²) in [5.41, 5.74) is 1.98. The van der Waals surface area contributed by atoms with Crippen LogP contribution in [-0.2, 0) is 17.9 Å². The van der Waals surface area contributed by atoms with E-state index >= 15 is 0 Å². The molecule has 2 aromatic carbocycles. The lowest BCUT2D eigenvalue weighted by molar-refractivity contribution is -0.125. The van der Waals surface area contributed by atoms with Crippen molar-refractivity contribution in [2.24, 2.45) is 0 Å². The van der Waals surface area contributed by atoms with Crippen LogP contribution in [0.1, 0.15) is 11.5 Å². The van der Waals surface area contributed by atoms with Crippen LogP contribution >= 0.6 is 11.8 Å². The number of hydrogen-bond donors (Lipinski definition) is 1. The molecule has 1 aliphatic rings. The van der Waals surface area contributed by atoms with Crippen molar-refractivity contribution in [2.45, 2.75) is 19.1 Å². The molecule has 0 saturated carbocycles. The first-order chi connectivity index (χ1) is 13.3. The van der Waals surface area contributed by atoms with E-state index in [1.807, 2.05) is 60.7 Å². The van der Waals surface area contributed by atoms with Gasteiger partial charge >= 0.3 is 0 Å². The molecular formula is C20H20N4O2S. The summed E-state index contributed by atoms with van der Waals surface area (Å²) in [6.45, 7) is 1.00. The largest absolute Gasteiger partial charge is 0.419 e. The molecule has 6 nitrogen and oxygen atoms in total. The van der Waals surface area contributed by atoms with Crippen LogP contribution in [0, 0.1) is 0 Å². The zero-order chi connectivity index (χ0) is 18.5. The number of rotatable bonds is 6. The van der Waals surface area contributed by atoms with E-state index in [1.165, 1.54) is 0 Å². The molecular weight excluding hydrogens is 360 g/mol. The van der Waals surface area contributed by atoms with E-state index in [0.29, 0.717) is 24.9 Å². The third-order valence-electron chi connectivity index (χ3n) is 4.41. The average Bonchev–Trinajstić information content (AvgIpc) is 3.38. The highest BCUT2D eigenvalue weighted by Crippen LogP contribution is 2.24. The Morgan fingerprint density at radius 2 is 1.85 bits per heavy atom. The fraction of sp³-hybridized carbons (Fsp3) is 0.250. The van der Waals surface area contributed by atoms with Crippen LogP contribution in [0.25, 0.3) is 11.5 Å². The van der Waals surface area contributed by atoms with Crippen molar-refractivity contribution in [3.8, 4) is 11.5 Å². The van der Waals surface area contributed by atoms with E-state index in [2.05, 4.69) is 20.4 Å². The van der Waals surface area contributed by atoms with Crippen molar-refractivity contribution in [2.75, 3.05) is 11.6 Å². The number of nitrogens with one attached hydrogen (secondary N) is 1. The van der Waals surface area contributed by atoms with Gasteiger partial charge in [0.15, 0.2) is 0 Å². The molecule has 2 heterocycles. The van der Waals surface area contributed by atoms with Gasteiger partial charge in [-0.25, -0.2) is 0 Å². The van der Waals surface area contributed by atoms with E-state index < -0.39 is 0 Å². The standard InChI is InChI=1S/C20H20N4O2S/c25-19(21-11-15-7-3-1-4-8-15)17-13-27-14-24(17)12-18-22-23-20(26-18)16-9-5-2-6-10-16/h1-10,17H,11-14H2,(H,21,25)/t17-/m0/s1. The van der Waals surface area contributed by atoms with Gasteiger partial charge in [0.1, 0.15) is 0 Å². The smallest absolute Gasteiger partial charge is 0.247 e. The summed E-state index contributed by atoms with van der Waals surface area (Å²) in [6.07, 6.45) is 0. The van der Waals surface area contributed by atoms with E-state index in [-0.39, 0.29) is 11.9 Å². The average molecular weight is 380 g/mol. The van der Waals surface area contributed by atoms with Crippen LogP contribution in [0.3, 0.4) is 0 Å². The molecule has 0 bridgehead atoms. The van der Waals surface area contributed by atoms with Crippen molar-refractivity contribution >= 4 is 17.7 Å². The molecule has 0 aliphatic carbocycles. The number of nitrogens with zero attached hydrogens (tertiary/aromatic N) is 3. The lowest BCUT2D eigenvalue weighted by Gasteiger charge is -2.21. The van der Waals surface area contributed by atoms with Gasteiger partial charge in [-0.3, -0.25) is 9.69 Å². The molecule has 27 heavy (non-hydrogen) atoms. The topological polar surface area (TPSA) is 71.3 Å². The van der Waals surface area contributed by atoms with Gasteiger partial charge in [0.05, 0.1) is 12.6 Å². The van der Waals surface area contributed by atoms with Gasteiger partial charge in [-0.2, -0.15) is 0 Å². The van der Waals surface area contributed by atoms with E-state index in [9.17, 15) is 4.79 Å². The lowest BCUT2D eigenvalue weighted by Crippen LogP contribution is -2.44. The zero-order valence-electron chi connectivity index (χ0n) is 14.7. The Bertz CT molecular complexity index is 885. The zero-order valence-corrected chi connectivity index (χ0v) is 15.6. The minimum absolute atomic E-state index is 0.0339. The molecule has 1 amide bonds. The van der Waals surface area contributed by atoms with Crippen molar-refractivity contribution in [1.82, 2.24) is 20.4 Å². The SMILES string of the molecule is O=C(NCc1ccccc1)[C@@H]1CSCN1Cc1nnc(-c2ccccc2)o1. The van der Waals surface area contributed by atoms with E-state index in [4.69, 9.17) is 4.42 Å². The van der Waals surface area contributed by atoms with Gasteiger partial charge in [-0.1, -0.05) is 48.5 Å². The Balaban J connectivity index is 1.37. The summed E-state index contributed by atoms with van der Waals surface area (Å²) in [6, 6.07) is 19.4. The molecule has 7 heteroatoms. The van der Waals surface area contributed by atoms with Gasteiger partial charge in [0.2, 0.25) is 17.7 Å². The maximum Gasteiger partial charge on any atom is 0.247 e. The monoisotopic (exact) mass is 380 g/mol. The molecule has 1 fully saturated rings. The second kappa shape index (κ2) is 8.37. The Labute approximate surface area is 162 Å². The maximum atomic E-state index is 12.6. The predicted octanol–water partition coefficient (Wildman–Crippen LogP) is 2.93. The summed E-state index contributed by atoms with van der Waals surface area (Å²) in [5, 5.41) is 11.3. The first-order valence-electron chi connectivity index (χ1n) is 8.81.